The standard InChI is InChI=1S/C19H22BrN5O/c1-24-16-11-15(23-19(26)14-6-5-7-18(20)22-14)17(10-13(16)12-21-24)25-8-3-2-4-9-25/h5-7,10-11,21H,2-4,8-9,12H2,1H3,(H,23,26). The molecular weight excluding hydrogens is 394 g/mol. The van der Waals surface area contributed by atoms with Gasteiger partial charge in [-0.3, -0.25) is 4.79 Å². The fraction of sp³-hybridized carbons (Fsp3) is 0.368. The number of fused-ring (bicyclic) bond motifs is 1. The summed E-state index contributed by atoms with van der Waals surface area (Å²) < 4.78 is 0.652. The Hall–Kier alpha value is -2.12. The molecule has 1 aromatic carbocycles. The van der Waals surface area contributed by atoms with Gasteiger partial charge in [-0.1, -0.05) is 6.07 Å². The summed E-state index contributed by atoms with van der Waals surface area (Å²) in [7, 11) is 1.99. The Kier molecular flexibility index (Phi) is 4.82. The third kappa shape index (κ3) is 3.41. The molecule has 0 spiro atoms. The predicted molar refractivity (Wildman–Crippen MR) is 108 cm³/mol. The van der Waals surface area contributed by atoms with Crippen LogP contribution in [0.1, 0.15) is 35.3 Å². The van der Waals surface area contributed by atoms with Gasteiger partial charge in [0.25, 0.3) is 5.91 Å². The van der Waals surface area contributed by atoms with Gasteiger partial charge < -0.3 is 15.2 Å². The first kappa shape index (κ1) is 17.3. The van der Waals surface area contributed by atoms with E-state index in [1.807, 2.05) is 24.2 Å². The number of benzene rings is 1. The monoisotopic (exact) mass is 415 g/mol. The summed E-state index contributed by atoms with van der Waals surface area (Å²) in [6.07, 6.45) is 3.65. The Morgan fingerprint density at radius 1 is 1.19 bits per heavy atom. The number of hydrogen-bond acceptors (Lipinski definition) is 5. The quantitative estimate of drug-likeness (QED) is 0.750. The van der Waals surface area contributed by atoms with Gasteiger partial charge in [0, 0.05) is 26.7 Å². The third-order valence-electron chi connectivity index (χ3n) is 4.96. The van der Waals surface area contributed by atoms with Crippen molar-refractivity contribution in [1.82, 2.24) is 10.4 Å². The number of carbonyl (C=O) groups excluding carboxylic acids is 1. The Morgan fingerprint density at radius 2 is 2.00 bits per heavy atom. The molecule has 26 heavy (non-hydrogen) atoms. The molecule has 2 aromatic rings. The lowest BCUT2D eigenvalue weighted by Crippen LogP contribution is -2.30. The fourth-order valence-electron chi connectivity index (χ4n) is 3.58. The van der Waals surface area contributed by atoms with Crippen molar-refractivity contribution in [3.63, 3.8) is 0 Å². The van der Waals surface area contributed by atoms with Crippen molar-refractivity contribution in [2.45, 2.75) is 25.8 Å². The number of halogens is 1. The second kappa shape index (κ2) is 7.25. The number of pyridine rings is 1. The van der Waals surface area contributed by atoms with Gasteiger partial charge in [0.15, 0.2) is 0 Å². The predicted octanol–water partition coefficient (Wildman–Crippen LogP) is 3.54. The molecule has 2 aliphatic rings. The zero-order valence-electron chi connectivity index (χ0n) is 14.8. The van der Waals surface area contributed by atoms with Crippen LogP contribution in [0.4, 0.5) is 17.1 Å². The highest BCUT2D eigenvalue weighted by Crippen LogP contribution is 2.37. The Morgan fingerprint density at radius 3 is 2.77 bits per heavy atom. The lowest BCUT2D eigenvalue weighted by molar-refractivity contribution is 0.102. The number of rotatable bonds is 3. The van der Waals surface area contributed by atoms with Crippen LogP contribution in [0.5, 0.6) is 0 Å². The molecule has 0 bridgehead atoms. The molecule has 1 saturated heterocycles. The number of aromatic nitrogens is 1. The molecule has 0 atom stereocenters. The van der Waals surface area contributed by atoms with Gasteiger partial charge in [-0.2, -0.15) is 0 Å². The molecule has 2 N–H and O–H groups in total. The molecule has 136 valence electrons. The van der Waals surface area contributed by atoms with Crippen LogP contribution in [0.3, 0.4) is 0 Å². The van der Waals surface area contributed by atoms with E-state index < -0.39 is 0 Å². The molecule has 6 nitrogen and oxygen atoms in total. The molecule has 4 rings (SSSR count). The molecular formula is C19H22BrN5O. The Labute approximate surface area is 161 Å². The van der Waals surface area contributed by atoms with Crippen LogP contribution in [-0.4, -0.2) is 31.0 Å². The number of amides is 1. The van der Waals surface area contributed by atoms with Crippen molar-refractivity contribution in [3.8, 4) is 0 Å². The first-order chi connectivity index (χ1) is 12.6. The van der Waals surface area contributed by atoms with Crippen molar-refractivity contribution < 1.29 is 4.79 Å². The van der Waals surface area contributed by atoms with Crippen molar-refractivity contribution in [3.05, 3.63) is 46.2 Å². The average Bonchev–Trinajstić information content (AvgIpc) is 3.02. The number of carbonyl (C=O) groups is 1. The first-order valence-corrected chi connectivity index (χ1v) is 9.74. The van der Waals surface area contributed by atoms with E-state index in [9.17, 15) is 4.79 Å². The number of anilines is 3. The van der Waals surface area contributed by atoms with E-state index >= 15 is 0 Å². The summed E-state index contributed by atoms with van der Waals surface area (Å²) >= 11 is 3.33. The van der Waals surface area contributed by atoms with E-state index in [1.54, 1.807) is 6.07 Å². The Bertz CT molecular complexity index is 835. The van der Waals surface area contributed by atoms with Crippen LogP contribution in [-0.2, 0) is 6.54 Å². The van der Waals surface area contributed by atoms with Gasteiger partial charge in [-0.25, -0.2) is 10.4 Å². The largest absolute Gasteiger partial charge is 0.370 e. The molecule has 0 unspecified atom stereocenters. The third-order valence-corrected chi connectivity index (χ3v) is 5.40. The first-order valence-electron chi connectivity index (χ1n) is 8.95. The van der Waals surface area contributed by atoms with E-state index in [0.717, 1.165) is 36.7 Å². The summed E-state index contributed by atoms with van der Waals surface area (Å²) in [6, 6.07) is 9.63. The number of piperidine rings is 1. The van der Waals surface area contributed by atoms with Gasteiger partial charge in [0.2, 0.25) is 0 Å². The normalized spacial score (nSPS) is 16.5. The second-order valence-electron chi connectivity index (χ2n) is 6.74. The summed E-state index contributed by atoms with van der Waals surface area (Å²) in [5.74, 6) is -0.196. The lowest BCUT2D eigenvalue weighted by Gasteiger charge is -2.31. The maximum absolute atomic E-state index is 12.7. The number of hydrazine groups is 1. The highest BCUT2D eigenvalue weighted by Gasteiger charge is 2.23. The van der Waals surface area contributed by atoms with E-state index in [1.165, 1.54) is 24.8 Å². The van der Waals surface area contributed by atoms with E-state index in [2.05, 4.69) is 48.7 Å². The summed E-state index contributed by atoms with van der Waals surface area (Å²) in [4.78, 5) is 19.4. The maximum Gasteiger partial charge on any atom is 0.274 e. The van der Waals surface area contributed by atoms with Gasteiger partial charge in [-0.05, 0) is 65.0 Å². The van der Waals surface area contributed by atoms with Crippen LogP contribution in [0.2, 0.25) is 0 Å². The van der Waals surface area contributed by atoms with Crippen LogP contribution < -0.4 is 20.7 Å². The van der Waals surface area contributed by atoms with Crippen LogP contribution >= 0.6 is 15.9 Å². The summed E-state index contributed by atoms with van der Waals surface area (Å²) in [5.41, 5.74) is 8.02. The van der Waals surface area contributed by atoms with E-state index in [-0.39, 0.29) is 5.91 Å². The second-order valence-corrected chi connectivity index (χ2v) is 7.55. The summed E-state index contributed by atoms with van der Waals surface area (Å²) in [5, 5.41) is 5.09. The number of nitrogens with one attached hydrogen (secondary N) is 2. The maximum atomic E-state index is 12.7. The van der Waals surface area contributed by atoms with E-state index in [4.69, 9.17) is 0 Å². The molecule has 0 saturated carbocycles. The van der Waals surface area contributed by atoms with Crippen molar-refractivity contribution in [2.24, 2.45) is 0 Å². The zero-order valence-corrected chi connectivity index (χ0v) is 16.3. The molecule has 7 heteroatoms. The fourth-order valence-corrected chi connectivity index (χ4v) is 3.92. The minimum Gasteiger partial charge on any atom is -0.370 e. The number of nitrogens with zero attached hydrogens (tertiary/aromatic N) is 3. The van der Waals surface area contributed by atoms with Crippen molar-refractivity contribution in [1.29, 1.82) is 0 Å². The topological polar surface area (TPSA) is 60.5 Å². The van der Waals surface area contributed by atoms with Gasteiger partial charge in [0.05, 0.1) is 17.1 Å². The average molecular weight is 416 g/mol. The highest BCUT2D eigenvalue weighted by molar-refractivity contribution is 9.10. The number of hydrogen-bond donors (Lipinski definition) is 2. The van der Waals surface area contributed by atoms with E-state index in [0.29, 0.717) is 10.3 Å². The van der Waals surface area contributed by atoms with Crippen LogP contribution in [0, 0.1) is 0 Å². The van der Waals surface area contributed by atoms with Crippen molar-refractivity contribution in [2.75, 3.05) is 35.4 Å². The smallest absolute Gasteiger partial charge is 0.274 e. The molecule has 1 fully saturated rings. The zero-order chi connectivity index (χ0) is 18.1. The van der Waals surface area contributed by atoms with Gasteiger partial charge in [-0.15, -0.1) is 0 Å². The molecule has 2 aliphatic heterocycles. The molecule has 1 amide bonds. The van der Waals surface area contributed by atoms with Crippen molar-refractivity contribution >= 4 is 38.9 Å². The minimum atomic E-state index is -0.196. The lowest BCUT2D eigenvalue weighted by atomic mass is 10.1. The summed E-state index contributed by atoms with van der Waals surface area (Å²) in [6.45, 7) is 2.87. The van der Waals surface area contributed by atoms with Gasteiger partial charge in [0.1, 0.15) is 10.3 Å². The molecule has 0 aliphatic carbocycles. The highest BCUT2D eigenvalue weighted by atomic mass is 79.9. The van der Waals surface area contributed by atoms with Crippen LogP contribution in [0.15, 0.2) is 34.9 Å². The minimum absolute atomic E-state index is 0.196. The van der Waals surface area contributed by atoms with Crippen LogP contribution in [0.25, 0.3) is 0 Å². The SMILES string of the molecule is CN1NCc2cc(N3CCCCC3)c(NC(=O)c3cccc(Br)n3)cc21. The molecule has 0 radical (unpaired) electrons. The molecule has 1 aromatic heterocycles. The Balaban J connectivity index is 1.69. The van der Waals surface area contributed by atoms with Gasteiger partial charge >= 0.3 is 0 Å². The molecule has 3 heterocycles.